The molecule has 0 N–H and O–H groups in total. The van der Waals surface area contributed by atoms with E-state index in [4.69, 9.17) is 0 Å². The molecule has 0 aromatic heterocycles. The van der Waals surface area contributed by atoms with Crippen LogP contribution >= 0.6 is 0 Å². The topological polar surface area (TPSA) is 34.1 Å². The van der Waals surface area contributed by atoms with Crippen molar-refractivity contribution >= 4 is 11.6 Å². The van der Waals surface area contributed by atoms with E-state index in [1.807, 2.05) is 0 Å². The van der Waals surface area contributed by atoms with Crippen molar-refractivity contribution < 1.29 is 9.59 Å². The van der Waals surface area contributed by atoms with Gasteiger partial charge in [0.25, 0.3) is 0 Å². The molecular weight excluding hydrogens is 152 g/mol. The maximum Gasteiger partial charge on any atom is 0.146 e. The fraction of sp³-hybridized carbons (Fsp3) is 0.600. The second-order valence-electron chi connectivity index (χ2n) is 3.52. The molecule has 1 saturated carbocycles. The van der Waals surface area contributed by atoms with E-state index in [9.17, 15) is 9.59 Å². The highest BCUT2D eigenvalue weighted by atomic mass is 16.2. The molecule has 0 atom stereocenters. The zero-order valence-electron chi connectivity index (χ0n) is 7.43. The Labute approximate surface area is 72.7 Å². The Morgan fingerprint density at radius 2 is 1.92 bits per heavy atom. The molecule has 2 nitrogen and oxygen atoms in total. The summed E-state index contributed by atoms with van der Waals surface area (Å²) in [6.45, 7) is 5.30. The van der Waals surface area contributed by atoms with E-state index in [1.54, 1.807) is 13.0 Å². The first kappa shape index (κ1) is 9.17. The lowest BCUT2D eigenvalue weighted by molar-refractivity contribution is -0.142. The molecule has 0 saturated heterocycles. The third kappa shape index (κ3) is 1.33. The van der Waals surface area contributed by atoms with E-state index < -0.39 is 5.41 Å². The summed E-state index contributed by atoms with van der Waals surface area (Å²) >= 11 is 0. The van der Waals surface area contributed by atoms with Gasteiger partial charge in [-0.1, -0.05) is 6.08 Å². The number of hydrogen-bond donors (Lipinski definition) is 0. The van der Waals surface area contributed by atoms with Crippen molar-refractivity contribution in [2.75, 3.05) is 0 Å². The maximum absolute atomic E-state index is 11.4. The highest BCUT2D eigenvalue weighted by Gasteiger charge is 2.40. The fourth-order valence-electron chi connectivity index (χ4n) is 1.63. The van der Waals surface area contributed by atoms with Gasteiger partial charge in [-0.3, -0.25) is 9.59 Å². The molecule has 12 heavy (non-hydrogen) atoms. The van der Waals surface area contributed by atoms with Crippen molar-refractivity contribution in [2.45, 2.75) is 32.6 Å². The smallest absolute Gasteiger partial charge is 0.146 e. The van der Waals surface area contributed by atoms with E-state index in [2.05, 4.69) is 6.58 Å². The van der Waals surface area contributed by atoms with Crippen LogP contribution in [0.15, 0.2) is 12.7 Å². The lowest BCUT2D eigenvalue weighted by Crippen LogP contribution is -2.39. The van der Waals surface area contributed by atoms with E-state index in [-0.39, 0.29) is 11.6 Å². The van der Waals surface area contributed by atoms with Gasteiger partial charge >= 0.3 is 0 Å². The SMILES string of the molecule is C=CCC1(C)C(=O)CCCC1=O. The summed E-state index contributed by atoms with van der Waals surface area (Å²) in [4.78, 5) is 22.9. The lowest BCUT2D eigenvalue weighted by Gasteiger charge is -2.29. The van der Waals surface area contributed by atoms with Crippen molar-refractivity contribution in [2.24, 2.45) is 5.41 Å². The summed E-state index contributed by atoms with van der Waals surface area (Å²) in [5.41, 5.74) is -0.750. The minimum absolute atomic E-state index is 0.0821. The van der Waals surface area contributed by atoms with Crippen molar-refractivity contribution in [1.29, 1.82) is 0 Å². The van der Waals surface area contributed by atoms with Gasteiger partial charge in [-0.05, 0) is 19.8 Å². The summed E-state index contributed by atoms with van der Waals surface area (Å²) in [5.74, 6) is 0.164. The number of Topliss-reactive ketones (excluding diaryl/α,β-unsaturated/α-hetero) is 2. The van der Waals surface area contributed by atoms with Crippen LogP contribution in [0.5, 0.6) is 0 Å². The molecular formula is C10H14O2. The normalized spacial score (nSPS) is 22.4. The highest BCUT2D eigenvalue weighted by molar-refractivity contribution is 6.08. The second-order valence-corrected chi connectivity index (χ2v) is 3.52. The minimum atomic E-state index is -0.750. The van der Waals surface area contributed by atoms with Gasteiger partial charge in [0.05, 0.1) is 5.41 Å². The first-order valence-corrected chi connectivity index (χ1v) is 4.29. The van der Waals surface area contributed by atoms with Crippen molar-refractivity contribution in [1.82, 2.24) is 0 Å². The molecule has 0 amide bonds. The third-order valence-electron chi connectivity index (χ3n) is 2.59. The number of hydrogen-bond acceptors (Lipinski definition) is 2. The minimum Gasteiger partial charge on any atom is -0.299 e. The molecule has 0 spiro atoms. The molecule has 1 aliphatic carbocycles. The van der Waals surface area contributed by atoms with Crippen LogP contribution in [0.2, 0.25) is 0 Å². The van der Waals surface area contributed by atoms with Crippen LogP contribution in [0.4, 0.5) is 0 Å². The van der Waals surface area contributed by atoms with Crippen molar-refractivity contribution in [3.63, 3.8) is 0 Å². The summed E-state index contributed by atoms with van der Waals surface area (Å²) < 4.78 is 0. The van der Waals surface area contributed by atoms with Crippen LogP contribution in [0.3, 0.4) is 0 Å². The standard InChI is InChI=1S/C10H14O2/c1-3-7-10(2)8(11)5-4-6-9(10)12/h3H,1,4-7H2,2H3. The van der Waals surface area contributed by atoms with E-state index >= 15 is 0 Å². The molecule has 1 rings (SSSR count). The molecule has 0 unspecified atom stereocenters. The van der Waals surface area contributed by atoms with E-state index in [0.717, 1.165) is 6.42 Å². The third-order valence-corrected chi connectivity index (χ3v) is 2.59. The molecule has 2 heteroatoms. The molecule has 0 aromatic carbocycles. The largest absolute Gasteiger partial charge is 0.299 e. The molecule has 1 fully saturated rings. The lowest BCUT2D eigenvalue weighted by atomic mass is 9.71. The van der Waals surface area contributed by atoms with Crippen LogP contribution in [-0.4, -0.2) is 11.6 Å². The van der Waals surface area contributed by atoms with Crippen LogP contribution in [0.1, 0.15) is 32.6 Å². The fourth-order valence-corrected chi connectivity index (χ4v) is 1.63. The Hall–Kier alpha value is -0.920. The average Bonchev–Trinajstić information content (AvgIpc) is 2.02. The molecule has 0 aliphatic heterocycles. The van der Waals surface area contributed by atoms with Crippen molar-refractivity contribution in [3.8, 4) is 0 Å². The van der Waals surface area contributed by atoms with Gasteiger partial charge in [-0.15, -0.1) is 6.58 Å². The van der Waals surface area contributed by atoms with Crippen LogP contribution < -0.4 is 0 Å². The quantitative estimate of drug-likeness (QED) is 0.463. The number of carbonyl (C=O) groups is 2. The Morgan fingerprint density at radius 1 is 1.42 bits per heavy atom. The van der Waals surface area contributed by atoms with Gasteiger partial charge < -0.3 is 0 Å². The van der Waals surface area contributed by atoms with Gasteiger partial charge in [0.1, 0.15) is 11.6 Å². The average molecular weight is 166 g/mol. The monoisotopic (exact) mass is 166 g/mol. The van der Waals surface area contributed by atoms with Gasteiger partial charge in [0, 0.05) is 12.8 Å². The Kier molecular flexibility index (Phi) is 2.46. The van der Waals surface area contributed by atoms with Crippen LogP contribution in [0, 0.1) is 5.41 Å². The zero-order valence-corrected chi connectivity index (χ0v) is 7.43. The number of ketones is 2. The van der Waals surface area contributed by atoms with Crippen LogP contribution in [-0.2, 0) is 9.59 Å². The highest BCUT2D eigenvalue weighted by Crippen LogP contribution is 2.32. The molecule has 0 radical (unpaired) electrons. The summed E-state index contributed by atoms with van der Waals surface area (Å²) in [5, 5.41) is 0. The van der Waals surface area contributed by atoms with Gasteiger partial charge in [0.2, 0.25) is 0 Å². The second kappa shape index (κ2) is 3.21. The first-order chi connectivity index (χ1) is 5.61. The van der Waals surface area contributed by atoms with Crippen molar-refractivity contribution in [3.05, 3.63) is 12.7 Å². The number of carbonyl (C=O) groups excluding carboxylic acids is 2. The predicted molar refractivity (Wildman–Crippen MR) is 46.8 cm³/mol. The van der Waals surface area contributed by atoms with Crippen LogP contribution in [0.25, 0.3) is 0 Å². The summed E-state index contributed by atoms with van der Waals surface area (Å²) in [6.07, 6.45) is 3.97. The zero-order chi connectivity index (χ0) is 9.19. The Bertz CT molecular complexity index is 212. The molecule has 0 aromatic rings. The van der Waals surface area contributed by atoms with E-state index in [1.165, 1.54) is 0 Å². The van der Waals surface area contributed by atoms with Gasteiger partial charge in [-0.25, -0.2) is 0 Å². The first-order valence-electron chi connectivity index (χ1n) is 4.29. The van der Waals surface area contributed by atoms with E-state index in [0.29, 0.717) is 19.3 Å². The molecule has 0 bridgehead atoms. The molecule has 0 heterocycles. The Balaban J connectivity index is 2.87. The predicted octanol–water partition coefficient (Wildman–Crippen LogP) is 1.89. The summed E-state index contributed by atoms with van der Waals surface area (Å²) in [6, 6.07) is 0. The maximum atomic E-state index is 11.4. The Morgan fingerprint density at radius 3 is 2.33 bits per heavy atom. The molecule has 1 aliphatic rings. The number of rotatable bonds is 2. The van der Waals surface area contributed by atoms with Gasteiger partial charge in [0.15, 0.2) is 0 Å². The van der Waals surface area contributed by atoms with Gasteiger partial charge in [-0.2, -0.15) is 0 Å². The number of allylic oxidation sites excluding steroid dienone is 1. The summed E-state index contributed by atoms with van der Waals surface area (Å²) in [7, 11) is 0. The molecule has 66 valence electrons.